The summed E-state index contributed by atoms with van der Waals surface area (Å²) < 4.78 is 10.8. The molecule has 2 heterocycles. The molecule has 0 saturated carbocycles. The molecule has 3 rings (SSSR count). The van der Waals surface area contributed by atoms with Crippen LogP contribution in [0.1, 0.15) is 30.0 Å². The number of aromatic nitrogens is 2. The van der Waals surface area contributed by atoms with Crippen LogP contribution in [0.3, 0.4) is 0 Å². The Hall–Kier alpha value is -1.72. The number of benzene rings is 1. The molecule has 0 N–H and O–H groups in total. The third-order valence-corrected chi connectivity index (χ3v) is 3.63. The second-order valence-corrected chi connectivity index (χ2v) is 5.34. The first-order valence-corrected chi connectivity index (χ1v) is 6.93. The number of hydrogen-bond acceptors (Lipinski definition) is 5. The highest BCUT2D eigenvalue weighted by atomic mass is 16.6. The van der Waals surface area contributed by atoms with Crippen LogP contribution >= 0.6 is 0 Å². The van der Waals surface area contributed by atoms with Crippen molar-refractivity contribution in [2.75, 3.05) is 13.1 Å². The van der Waals surface area contributed by atoms with E-state index in [4.69, 9.17) is 9.37 Å². The van der Waals surface area contributed by atoms with Crippen LogP contribution in [0.2, 0.25) is 0 Å². The van der Waals surface area contributed by atoms with Crippen LogP contribution in [0.25, 0.3) is 0 Å². The largest absolute Gasteiger partial charge is 0.368 e. The summed E-state index contributed by atoms with van der Waals surface area (Å²) in [6.45, 7) is 6.54. The number of rotatable bonds is 3. The van der Waals surface area contributed by atoms with Crippen LogP contribution in [0.4, 0.5) is 0 Å². The van der Waals surface area contributed by atoms with E-state index in [9.17, 15) is 0 Å². The molecule has 0 radical (unpaired) electrons. The van der Waals surface area contributed by atoms with E-state index in [-0.39, 0.29) is 12.2 Å². The van der Waals surface area contributed by atoms with Gasteiger partial charge in [-0.2, -0.15) is 0 Å². The minimum Gasteiger partial charge on any atom is -0.368 e. The predicted octanol–water partition coefficient (Wildman–Crippen LogP) is 2.34. The fourth-order valence-corrected chi connectivity index (χ4v) is 2.62. The van der Waals surface area contributed by atoms with E-state index in [0.717, 1.165) is 31.0 Å². The Morgan fingerprint density at radius 1 is 1.20 bits per heavy atom. The lowest BCUT2D eigenvalue weighted by Crippen LogP contribution is -2.42. The molecule has 5 heteroatoms. The molecular weight excluding hydrogens is 254 g/mol. The quantitative estimate of drug-likeness (QED) is 0.859. The Balaban J connectivity index is 1.72. The molecule has 2 unspecified atom stereocenters. The van der Waals surface area contributed by atoms with Crippen molar-refractivity contribution < 1.29 is 9.37 Å². The number of hydrogen-bond donors (Lipinski definition) is 0. The maximum absolute atomic E-state index is 6.05. The van der Waals surface area contributed by atoms with E-state index >= 15 is 0 Å². The summed E-state index contributed by atoms with van der Waals surface area (Å²) in [6, 6.07) is 10.4. The second-order valence-electron chi connectivity index (χ2n) is 5.34. The summed E-state index contributed by atoms with van der Waals surface area (Å²) >= 11 is 0. The van der Waals surface area contributed by atoms with Crippen LogP contribution in [0.15, 0.2) is 35.0 Å². The Morgan fingerprint density at radius 3 is 2.70 bits per heavy atom. The van der Waals surface area contributed by atoms with Gasteiger partial charge in [0.25, 0.3) is 0 Å². The maximum atomic E-state index is 6.05. The molecular formula is C15H19N3O2. The van der Waals surface area contributed by atoms with E-state index < -0.39 is 0 Å². The standard InChI is InChI=1S/C15H19N3O2/c1-11-8-18(9-14-12(2)16-20-17-14)10-15(19-11)13-6-4-3-5-7-13/h3-7,11,15H,8-10H2,1-2H3. The molecule has 2 atom stereocenters. The summed E-state index contributed by atoms with van der Waals surface area (Å²) in [7, 11) is 0. The summed E-state index contributed by atoms with van der Waals surface area (Å²) in [5.41, 5.74) is 2.99. The molecule has 20 heavy (non-hydrogen) atoms. The molecule has 106 valence electrons. The average molecular weight is 273 g/mol. The zero-order valence-electron chi connectivity index (χ0n) is 11.8. The van der Waals surface area contributed by atoms with Crippen molar-refractivity contribution in [3.8, 4) is 0 Å². The molecule has 1 fully saturated rings. The molecule has 1 aromatic heterocycles. The smallest absolute Gasteiger partial charge is 0.122 e. The van der Waals surface area contributed by atoms with Crippen LogP contribution in [-0.2, 0) is 11.3 Å². The van der Waals surface area contributed by atoms with Crippen molar-refractivity contribution in [3.05, 3.63) is 47.3 Å². The Labute approximate surface area is 118 Å². The van der Waals surface area contributed by atoms with Gasteiger partial charge >= 0.3 is 0 Å². The molecule has 0 amide bonds. The lowest BCUT2D eigenvalue weighted by molar-refractivity contribution is -0.0818. The van der Waals surface area contributed by atoms with Crippen LogP contribution < -0.4 is 0 Å². The minimum atomic E-state index is 0.111. The molecule has 1 aromatic carbocycles. The molecule has 0 spiro atoms. The first-order chi connectivity index (χ1) is 9.72. The van der Waals surface area contributed by atoms with Crippen molar-refractivity contribution >= 4 is 0 Å². The Morgan fingerprint density at radius 2 is 2.00 bits per heavy atom. The van der Waals surface area contributed by atoms with Gasteiger partial charge in [0, 0.05) is 19.6 Å². The molecule has 0 bridgehead atoms. The van der Waals surface area contributed by atoms with Crippen molar-refractivity contribution in [3.63, 3.8) is 0 Å². The van der Waals surface area contributed by atoms with Gasteiger partial charge in [0.2, 0.25) is 0 Å². The first-order valence-electron chi connectivity index (χ1n) is 6.93. The van der Waals surface area contributed by atoms with Gasteiger partial charge in [-0.1, -0.05) is 40.6 Å². The zero-order chi connectivity index (χ0) is 13.9. The molecule has 0 aliphatic carbocycles. The van der Waals surface area contributed by atoms with Gasteiger partial charge in [0.05, 0.1) is 12.2 Å². The lowest BCUT2D eigenvalue weighted by atomic mass is 10.1. The fourth-order valence-electron chi connectivity index (χ4n) is 2.62. The number of ether oxygens (including phenoxy) is 1. The van der Waals surface area contributed by atoms with Crippen LogP contribution in [0, 0.1) is 6.92 Å². The fraction of sp³-hybridized carbons (Fsp3) is 0.467. The Kier molecular flexibility index (Phi) is 3.80. The second kappa shape index (κ2) is 5.73. The third kappa shape index (κ3) is 2.89. The van der Waals surface area contributed by atoms with Gasteiger partial charge in [0.15, 0.2) is 0 Å². The SMILES string of the molecule is Cc1nonc1CN1CC(C)OC(c2ccccc2)C1. The zero-order valence-corrected chi connectivity index (χ0v) is 11.8. The summed E-state index contributed by atoms with van der Waals surface area (Å²) in [4.78, 5) is 2.35. The molecule has 1 aliphatic heterocycles. The lowest BCUT2D eigenvalue weighted by Gasteiger charge is -2.36. The first kappa shape index (κ1) is 13.3. The topological polar surface area (TPSA) is 51.4 Å². The van der Waals surface area contributed by atoms with Crippen LogP contribution in [-0.4, -0.2) is 34.4 Å². The normalized spacial score (nSPS) is 23.9. The summed E-state index contributed by atoms with van der Waals surface area (Å²) in [6.07, 6.45) is 0.314. The average Bonchev–Trinajstić information content (AvgIpc) is 2.85. The highest BCUT2D eigenvalue weighted by Gasteiger charge is 2.27. The van der Waals surface area contributed by atoms with Crippen molar-refractivity contribution in [2.24, 2.45) is 0 Å². The van der Waals surface area contributed by atoms with Gasteiger partial charge in [-0.15, -0.1) is 0 Å². The third-order valence-electron chi connectivity index (χ3n) is 3.63. The summed E-state index contributed by atoms with van der Waals surface area (Å²) in [5.74, 6) is 0. The van der Waals surface area contributed by atoms with E-state index in [1.54, 1.807) is 0 Å². The highest BCUT2D eigenvalue weighted by molar-refractivity contribution is 5.18. The van der Waals surface area contributed by atoms with Gasteiger partial charge in [0.1, 0.15) is 11.4 Å². The van der Waals surface area contributed by atoms with E-state index in [0.29, 0.717) is 0 Å². The van der Waals surface area contributed by atoms with Gasteiger partial charge in [-0.3, -0.25) is 4.90 Å². The van der Waals surface area contributed by atoms with Crippen molar-refractivity contribution in [1.82, 2.24) is 15.2 Å². The molecule has 1 aliphatic rings. The van der Waals surface area contributed by atoms with Crippen molar-refractivity contribution in [2.45, 2.75) is 32.6 Å². The van der Waals surface area contributed by atoms with Gasteiger partial charge < -0.3 is 4.74 Å². The Bertz CT molecular complexity index is 555. The highest BCUT2D eigenvalue weighted by Crippen LogP contribution is 2.26. The van der Waals surface area contributed by atoms with Crippen molar-refractivity contribution in [1.29, 1.82) is 0 Å². The number of nitrogens with zero attached hydrogens (tertiary/aromatic N) is 3. The predicted molar refractivity (Wildman–Crippen MR) is 74.0 cm³/mol. The molecule has 5 nitrogen and oxygen atoms in total. The van der Waals surface area contributed by atoms with Gasteiger partial charge in [-0.05, 0) is 19.4 Å². The minimum absolute atomic E-state index is 0.111. The number of aryl methyl sites for hydroxylation is 1. The monoisotopic (exact) mass is 273 g/mol. The summed E-state index contributed by atoms with van der Waals surface area (Å²) in [5, 5.41) is 7.80. The van der Waals surface area contributed by atoms with E-state index in [1.165, 1.54) is 5.56 Å². The number of morpholine rings is 1. The van der Waals surface area contributed by atoms with Gasteiger partial charge in [-0.25, -0.2) is 4.63 Å². The maximum Gasteiger partial charge on any atom is 0.122 e. The van der Waals surface area contributed by atoms with E-state index in [2.05, 4.69) is 34.3 Å². The van der Waals surface area contributed by atoms with Crippen LogP contribution in [0.5, 0.6) is 0 Å². The van der Waals surface area contributed by atoms with E-state index in [1.807, 2.05) is 25.1 Å². The molecule has 1 saturated heterocycles. The molecule has 2 aromatic rings.